The van der Waals surface area contributed by atoms with Crippen molar-refractivity contribution in [2.75, 3.05) is 7.11 Å². The number of methoxy groups -OCH3 is 1. The van der Waals surface area contributed by atoms with E-state index >= 15 is 0 Å². The van der Waals surface area contributed by atoms with Crippen LogP contribution < -0.4 is 4.74 Å². The predicted molar refractivity (Wildman–Crippen MR) is 87.0 cm³/mol. The second-order valence-corrected chi connectivity index (χ2v) is 5.39. The van der Waals surface area contributed by atoms with E-state index in [4.69, 9.17) is 4.74 Å². The maximum atomic E-state index is 5.18. The van der Waals surface area contributed by atoms with Crippen molar-refractivity contribution in [2.24, 2.45) is 7.05 Å². The summed E-state index contributed by atoms with van der Waals surface area (Å²) in [5.74, 6) is 1.49. The Morgan fingerprint density at radius 3 is 2.67 bits per heavy atom. The molecule has 0 aliphatic rings. The van der Waals surface area contributed by atoms with Crippen molar-refractivity contribution in [3.05, 3.63) is 54.2 Å². The first-order valence-corrected chi connectivity index (χ1v) is 7.42. The van der Waals surface area contributed by atoms with Crippen LogP contribution in [0.1, 0.15) is 11.4 Å². The molecule has 3 aromatic heterocycles. The molecule has 4 aromatic rings. The normalized spacial score (nSPS) is 11.1. The van der Waals surface area contributed by atoms with Gasteiger partial charge in [-0.15, -0.1) is 5.10 Å². The minimum Gasteiger partial charge on any atom is -0.497 e. The summed E-state index contributed by atoms with van der Waals surface area (Å²) in [6, 6.07) is 7.58. The van der Waals surface area contributed by atoms with Crippen LogP contribution >= 0.6 is 0 Å². The van der Waals surface area contributed by atoms with Crippen molar-refractivity contribution in [1.29, 1.82) is 0 Å². The van der Waals surface area contributed by atoms with Crippen molar-refractivity contribution < 1.29 is 4.74 Å². The molecule has 120 valence electrons. The summed E-state index contributed by atoms with van der Waals surface area (Å²) in [4.78, 5) is 8.98. The smallest absolute Gasteiger partial charge is 0.187 e. The molecule has 0 atom stereocenters. The van der Waals surface area contributed by atoms with E-state index in [0.29, 0.717) is 23.4 Å². The van der Waals surface area contributed by atoms with E-state index in [-0.39, 0.29) is 0 Å². The molecule has 0 aliphatic heterocycles. The van der Waals surface area contributed by atoms with E-state index < -0.39 is 0 Å². The Bertz CT molecular complexity index is 987. The molecule has 3 heterocycles. The third kappa shape index (κ3) is 2.58. The van der Waals surface area contributed by atoms with E-state index in [1.807, 2.05) is 43.7 Å². The first-order valence-electron chi connectivity index (χ1n) is 7.42. The summed E-state index contributed by atoms with van der Waals surface area (Å²) in [5.41, 5.74) is 3.25. The van der Waals surface area contributed by atoms with E-state index in [9.17, 15) is 0 Å². The Labute approximate surface area is 137 Å². The number of nitrogens with zero attached hydrogens (tertiary/aromatic N) is 7. The Balaban J connectivity index is 1.72. The summed E-state index contributed by atoms with van der Waals surface area (Å²) < 4.78 is 8.64. The Hall–Kier alpha value is -3.29. The molecule has 0 N–H and O–H groups in total. The largest absolute Gasteiger partial charge is 0.497 e. The zero-order valence-electron chi connectivity index (χ0n) is 13.3. The van der Waals surface area contributed by atoms with Gasteiger partial charge < -0.3 is 4.74 Å². The fraction of sp³-hybridized carbons (Fsp3) is 0.188. The molecule has 4 rings (SSSR count). The molecule has 0 unspecified atom stereocenters. The summed E-state index contributed by atoms with van der Waals surface area (Å²) in [7, 11) is 3.52. The third-order valence-electron chi connectivity index (χ3n) is 3.68. The maximum Gasteiger partial charge on any atom is 0.187 e. The Morgan fingerprint density at radius 1 is 1.12 bits per heavy atom. The van der Waals surface area contributed by atoms with Gasteiger partial charge in [0.2, 0.25) is 0 Å². The number of hydrogen-bond donors (Lipinski definition) is 0. The van der Waals surface area contributed by atoms with Gasteiger partial charge in [0, 0.05) is 19.7 Å². The summed E-state index contributed by atoms with van der Waals surface area (Å²) in [6.07, 6.45) is 6.07. The first kappa shape index (κ1) is 14.3. The van der Waals surface area contributed by atoms with Gasteiger partial charge in [0.1, 0.15) is 11.6 Å². The van der Waals surface area contributed by atoms with Crippen LogP contribution in [-0.2, 0) is 13.5 Å². The highest BCUT2D eigenvalue weighted by molar-refractivity contribution is 5.70. The average Bonchev–Trinajstić information content (AvgIpc) is 3.21. The van der Waals surface area contributed by atoms with Crippen molar-refractivity contribution in [1.82, 2.24) is 34.7 Å². The van der Waals surface area contributed by atoms with E-state index in [2.05, 4.69) is 25.4 Å². The van der Waals surface area contributed by atoms with E-state index in [1.54, 1.807) is 22.7 Å². The van der Waals surface area contributed by atoms with Crippen molar-refractivity contribution >= 4 is 11.2 Å². The molecular formula is C16H15N7O. The molecule has 8 nitrogen and oxygen atoms in total. The Kier molecular flexibility index (Phi) is 3.42. The van der Waals surface area contributed by atoms with Crippen LogP contribution in [0.2, 0.25) is 0 Å². The molecule has 0 saturated carbocycles. The van der Waals surface area contributed by atoms with Gasteiger partial charge >= 0.3 is 0 Å². The monoisotopic (exact) mass is 321 g/mol. The molecule has 1 aromatic carbocycles. The number of ether oxygens (including phenoxy) is 1. The number of rotatable bonds is 4. The highest BCUT2D eigenvalue weighted by Gasteiger charge is 2.11. The zero-order chi connectivity index (χ0) is 16.5. The third-order valence-corrected chi connectivity index (χ3v) is 3.68. The minimum atomic E-state index is 0.609. The second-order valence-electron chi connectivity index (χ2n) is 5.39. The number of hydrogen-bond acceptors (Lipinski definition) is 6. The van der Waals surface area contributed by atoms with Crippen molar-refractivity contribution in [2.45, 2.75) is 6.42 Å². The van der Waals surface area contributed by atoms with Gasteiger partial charge in [0.05, 0.1) is 25.2 Å². The quantitative estimate of drug-likeness (QED) is 0.567. The van der Waals surface area contributed by atoms with Gasteiger partial charge in [-0.25, -0.2) is 9.97 Å². The molecule has 0 aliphatic carbocycles. The second kappa shape index (κ2) is 5.73. The lowest BCUT2D eigenvalue weighted by Crippen LogP contribution is -2.01. The maximum absolute atomic E-state index is 5.18. The first-order chi connectivity index (χ1) is 11.7. The van der Waals surface area contributed by atoms with Crippen molar-refractivity contribution in [3.63, 3.8) is 0 Å². The highest BCUT2D eigenvalue weighted by atomic mass is 16.5. The van der Waals surface area contributed by atoms with Crippen LogP contribution in [0.25, 0.3) is 16.9 Å². The van der Waals surface area contributed by atoms with Crippen LogP contribution in [0.3, 0.4) is 0 Å². The van der Waals surface area contributed by atoms with E-state index in [1.165, 1.54) is 0 Å². The lowest BCUT2D eigenvalue weighted by Gasteiger charge is -2.04. The molecule has 0 amide bonds. The molecular weight excluding hydrogens is 306 g/mol. The molecule has 0 bridgehead atoms. The minimum absolute atomic E-state index is 0.609. The topological polar surface area (TPSA) is 83.5 Å². The number of aromatic nitrogens is 7. The van der Waals surface area contributed by atoms with Crippen LogP contribution in [0.5, 0.6) is 5.75 Å². The summed E-state index contributed by atoms with van der Waals surface area (Å²) in [6.45, 7) is 0. The lowest BCUT2D eigenvalue weighted by atomic mass is 10.2. The number of fused-ring (bicyclic) bond motifs is 1. The zero-order valence-corrected chi connectivity index (χ0v) is 13.3. The molecule has 0 fully saturated rings. The van der Waals surface area contributed by atoms with Gasteiger partial charge in [0.25, 0.3) is 0 Å². The predicted octanol–water partition coefficient (Wildman–Crippen LogP) is 1.54. The molecule has 0 radical (unpaired) electrons. The van der Waals surface area contributed by atoms with Crippen LogP contribution in [0.15, 0.2) is 42.9 Å². The van der Waals surface area contributed by atoms with Gasteiger partial charge in [0.15, 0.2) is 11.2 Å². The average molecular weight is 321 g/mol. The molecule has 8 heteroatoms. The van der Waals surface area contributed by atoms with Gasteiger partial charge in [-0.05, 0) is 29.8 Å². The number of benzene rings is 1. The van der Waals surface area contributed by atoms with Gasteiger partial charge in [-0.3, -0.25) is 4.68 Å². The van der Waals surface area contributed by atoms with Gasteiger partial charge in [-0.2, -0.15) is 9.78 Å². The molecule has 24 heavy (non-hydrogen) atoms. The standard InChI is InChI=1S/C16H15N7O/c1-22-10-11(8-18-22)7-15-17-9-14-16(19-15)23(21-20-14)12-3-5-13(24-2)6-4-12/h3-6,8-10H,7H2,1-2H3. The molecule has 0 spiro atoms. The van der Waals surface area contributed by atoms with Crippen LogP contribution in [-0.4, -0.2) is 41.9 Å². The fourth-order valence-corrected chi connectivity index (χ4v) is 2.49. The lowest BCUT2D eigenvalue weighted by molar-refractivity contribution is 0.414. The SMILES string of the molecule is COc1ccc(-n2nnc3cnc(Cc4cnn(C)c4)nc32)cc1. The molecule has 0 saturated heterocycles. The van der Waals surface area contributed by atoms with Crippen molar-refractivity contribution in [3.8, 4) is 11.4 Å². The van der Waals surface area contributed by atoms with Crippen LogP contribution in [0.4, 0.5) is 0 Å². The summed E-state index contributed by atoms with van der Waals surface area (Å²) in [5, 5.41) is 12.5. The van der Waals surface area contributed by atoms with Gasteiger partial charge in [-0.1, -0.05) is 5.21 Å². The fourth-order valence-electron chi connectivity index (χ4n) is 2.49. The number of aryl methyl sites for hydroxylation is 1. The van der Waals surface area contributed by atoms with E-state index in [0.717, 1.165) is 17.0 Å². The van der Waals surface area contributed by atoms with Crippen LogP contribution in [0, 0.1) is 0 Å². The summed E-state index contributed by atoms with van der Waals surface area (Å²) >= 11 is 0. The Morgan fingerprint density at radius 2 is 1.96 bits per heavy atom. The highest BCUT2D eigenvalue weighted by Crippen LogP contribution is 2.18.